The average molecular weight is 194 g/mol. The summed E-state index contributed by atoms with van der Waals surface area (Å²) in [6, 6.07) is -0.400. The van der Waals surface area contributed by atoms with Crippen LogP contribution in [0.3, 0.4) is 0 Å². The Bertz CT molecular complexity index is 246. The van der Waals surface area contributed by atoms with Crippen molar-refractivity contribution in [2.75, 3.05) is 11.5 Å². The molecule has 0 aliphatic carbocycles. The number of rotatable bonds is 5. The first kappa shape index (κ1) is 11.4. The maximum atomic E-state index is 11.1. The summed E-state index contributed by atoms with van der Waals surface area (Å²) in [6.07, 6.45) is -0.130. The first-order valence-corrected chi connectivity index (χ1v) is 5.40. The molecule has 5 nitrogen and oxygen atoms in total. The normalized spacial score (nSPS) is 14.2. The van der Waals surface area contributed by atoms with Crippen molar-refractivity contribution < 1.29 is 13.2 Å². The highest BCUT2D eigenvalue weighted by atomic mass is 32.2. The summed E-state index contributed by atoms with van der Waals surface area (Å²) >= 11 is 0. The van der Waals surface area contributed by atoms with Crippen LogP contribution in [-0.2, 0) is 14.6 Å². The number of carbonyl (C=O) groups excluding carboxylic acids is 1. The molecule has 72 valence electrons. The van der Waals surface area contributed by atoms with Crippen molar-refractivity contribution in [3.8, 4) is 0 Å². The van der Waals surface area contributed by atoms with Gasteiger partial charge in [0.2, 0.25) is 5.91 Å². The van der Waals surface area contributed by atoms with Crippen molar-refractivity contribution in [3.05, 3.63) is 0 Å². The second-order valence-corrected chi connectivity index (χ2v) is 5.04. The fourth-order valence-corrected chi connectivity index (χ4v) is 2.22. The molecule has 0 saturated heterocycles. The van der Waals surface area contributed by atoms with Crippen LogP contribution in [0.2, 0.25) is 0 Å². The number of hydrogen-bond donors (Lipinski definition) is 2. The van der Waals surface area contributed by atoms with Crippen LogP contribution in [0.25, 0.3) is 0 Å². The Morgan fingerprint density at radius 1 is 1.50 bits per heavy atom. The van der Waals surface area contributed by atoms with Crippen LogP contribution in [0.4, 0.5) is 0 Å². The Labute approximate surface area is 72.0 Å². The molecular formula is C6H14N2O3S. The van der Waals surface area contributed by atoms with Gasteiger partial charge in [-0.1, -0.05) is 0 Å². The second kappa shape index (κ2) is 4.42. The van der Waals surface area contributed by atoms with Gasteiger partial charge >= 0.3 is 0 Å². The highest BCUT2D eigenvalue weighted by Crippen LogP contribution is 1.95. The summed E-state index contributed by atoms with van der Waals surface area (Å²) in [5.74, 6) is -0.910. The summed E-state index contributed by atoms with van der Waals surface area (Å²) < 4.78 is 22.1. The molecule has 0 radical (unpaired) electrons. The largest absolute Gasteiger partial charge is 0.370 e. The molecule has 0 bridgehead atoms. The minimum atomic E-state index is -3.20. The highest BCUT2D eigenvalue weighted by Gasteiger charge is 2.14. The van der Waals surface area contributed by atoms with Gasteiger partial charge in [0.25, 0.3) is 0 Å². The molecule has 0 aromatic heterocycles. The maximum absolute atomic E-state index is 11.1. The Balaban J connectivity index is 3.98. The zero-order chi connectivity index (χ0) is 9.78. The smallest absolute Gasteiger partial charge is 0.218 e. The zero-order valence-corrected chi connectivity index (χ0v) is 7.80. The van der Waals surface area contributed by atoms with E-state index >= 15 is 0 Å². The van der Waals surface area contributed by atoms with E-state index in [1.165, 1.54) is 0 Å². The molecule has 0 saturated carbocycles. The predicted octanol–water partition coefficient (Wildman–Crippen LogP) is -1.38. The Kier molecular flexibility index (Phi) is 4.19. The fourth-order valence-electron chi connectivity index (χ4n) is 0.740. The van der Waals surface area contributed by atoms with Crippen LogP contribution in [0.15, 0.2) is 0 Å². The van der Waals surface area contributed by atoms with Gasteiger partial charge in [0.1, 0.15) is 0 Å². The summed E-state index contributed by atoms with van der Waals surface area (Å²) in [5.41, 5.74) is 10.1. The van der Waals surface area contributed by atoms with E-state index in [2.05, 4.69) is 0 Å². The zero-order valence-electron chi connectivity index (χ0n) is 6.99. The molecule has 1 amide bonds. The molecule has 0 rings (SSSR count). The Morgan fingerprint density at radius 2 is 2.00 bits per heavy atom. The van der Waals surface area contributed by atoms with Gasteiger partial charge in [-0.2, -0.15) is 0 Å². The summed E-state index contributed by atoms with van der Waals surface area (Å²) in [4.78, 5) is 10.3. The second-order valence-electron chi connectivity index (χ2n) is 2.81. The van der Waals surface area contributed by atoms with Crippen LogP contribution >= 0.6 is 0 Å². The lowest BCUT2D eigenvalue weighted by atomic mass is 10.4. The van der Waals surface area contributed by atoms with Gasteiger partial charge < -0.3 is 11.5 Å². The van der Waals surface area contributed by atoms with Crippen molar-refractivity contribution in [3.63, 3.8) is 0 Å². The van der Waals surface area contributed by atoms with Crippen molar-refractivity contribution in [2.24, 2.45) is 11.5 Å². The SMILES string of the molecule is CC(N)CS(=O)(=O)CCC(N)=O. The summed E-state index contributed by atoms with van der Waals surface area (Å²) in [7, 11) is -3.20. The monoisotopic (exact) mass is 194 g/mol. The van der Waals surface area contributed by atoms with Crippen molar-refractivity contribution in [2.45, 2.75) is 19.4 Å². The van der Waals surface area contributed by atoms with Gasteiger partial charge in [0, 0.05) is 12.5 Å². The molecule has 0 aliphatic heterocycles. The molecule has 0 aromatic carbocycles. The Hall–Kier alpha value is -0.620. The van der Waals surface area contributed by atoms with Gasteiger partial charge in [-0.25, -0.2) is 8.42 Å². The third kappa shape index (κ3) is 6.11. The average Bonchev–Trinajstić information content (AvgIpc) is 1.81. The molecule has 0 aliphatic rings. The lowest BCUT2D eigenvalue weighted by molar-refractivity contribution is -0.117. The van der Waals surface area contributed by atoms with E-state index in [-0.39, 0.29) is 17.9 Å². The van der Waals surface area contributed by atoms with Crippen LogP contribution < -0.4 is 11.5 Å². The number of primary amides is 1. The van der Waals surface area contributed by atoms with E-state index < -0.39 is 21.8 Å². The highest BCUT2D eigenvalue weighted by molar-refractivity contribution is 7.91. The predicted molar refractivity (Wildman–Crippen MR) is 46.1 cm³/mol. The van der Waals surface area contributed by atoms with Gasteiger partial charge in [-0.15, -0.1) is 0 Å². The third-order valence-corrected chi connectivity index (χ3v) is 3.04. The first-order valence-electron chi connectivity index (χ1n) is 3.58. The summed E-state index contributed by atoms with van der Waals surface area (Å²) in [5, 5.41) is 0. The minimum absolute atomic E-state index is 0.0969. The molecule has 0 aromatic rings. The van der Waals surface area contributed by atoms with Crippen molar-refractivity contribution in [1.82, 2.24) is 0 Å². The summed E-state index contributed by atoms with van der Waals surface area (Å²) in [6.45, 7) is 1.60. The molecule has 0 fully saturated rings. The van der Waals surface area contributed by atoms with Crippen LogP contribution in [-0.4, -0.2) is 31.9 Å². The maximum Gasteiger partial charge on any atom is 0.218 e. The lowest BCUT2D eigenvalue weighted by Gasteiger charge is -2.04. The molecule has 0 heterocycles. The van der Waals surface area contributed by atoms with Crippen LogP contribution in [0, 0.1) is 0 Å². The van der Waals surface area contributed by atoms with Crippen LogP contribution in [0.1, 0.15) is 13.3 Å². The molecule has 0 spiro atoms. The molecular weight excluding hydrogens is 180 g/mol. The van der Waals surface area contributed by atoms with E-state index in [1.807, 2.05) is 0 Å². The fraction of sp³-hybridized carbons (Fsp3) is 0.833. The van der Waals surface area contributed by atoms with Gasteiger partial charge in [0.05, 0.1) is 11.5 Å². The lowest BCUT2D eigenvalue weighted by Crippen LogP contribution is -2.29. The molecule has 1 atom stereocenters. The molecule has 12 heavy (non-hydrogen) atoms. The standard InChI is InChI=1S/C6H14N2O3S/c1-5(7)4-12(10,11)3-2-6(8)9/h5H,2-4,7H2,1H3,(H2,8,9). The van der Waals surface area contributed by atoms with E-state index in [4.69, 9.17) is 11.5 Å². The van der Waals surface area contributed by atoms with Crippen LogP contribution in [0.5, 0.6) is 0 Å². The quantitative estimate of drug-likeness (QED) is 0.563. The topological polar surface area (TPSA) is 103 Å². The molecule has 1 unspecified atom stereocenters. The van der Waals surface area contributed by atoms with E-state index in [9.17, 15) is 13.2 Å². The number of amides is 1. The van der Waals surface area contributed by atoms with Crippen molar-refractivity contribution in [1.29, 1.82) is 0 Å². The third-order valence-electron chi connectivity index (χ3n) is 1.18. The number of nitrogens with two attached hydrogens (primary N) is 2. The first-order chi connectivity index (χ1) is 5.33. The molecule has 4 N–H and O–H groups in total. The number of sulfone groups is 1. The van der Waals surface area contributed by atoms with Crippen molar-refractivity contribution >= 4 is 15.7 Å². The molecule has 6 heteroatoms. The number of hydrogen-bond acceptors (Lipinski definition) is 4. The Morgan fingerprint density at radius 3 is 2.33 bits per heavy atom. The van der Waals surface area contributed by atoms with E-state index in [0.717, 1.165) is 0 Å². The van der Waals surface area contributed by atoms with Gasteiger partial charge in [-0.3, -0.25) is 4.79 Å². The van der Waals surface area contributed by atoms with E-state index in [0.29, 0.717) is 0 Å². The number of carbonyl (C=O) groups is 1. The minimum Gasteiger partial charge on any atom is -0.370 e. The van der Waals surface area contributed by atoms with E-state index in [1.54, 1.807) is 6.92 Å². The van der Waals surface area contributed by atoms with Gasteiger partial charge in [0.15, 0.2) is 9.84 Å². The van der Waals surface area contributed by atoms with Gasteiger partial charge in [-0.05, 0) is 6.92 Å².